The molecule has 6 aromatic carbocycles. The molecule has 0 N–H and O–H groups in total. The van der Waals surface area contributed by atoms with E-state index in [4.69, 9.17) is 11.6 Å². The number of rotatable bonds is 1. The summed E-state index contributed by atoms with van der Waals surface area (Å²) in [5.74, 6) is 0. The van der Waals surface area contributed by atoms with Crippen molar-refractivity contribution in [2.75, 3.05) is 0 Å². The van der Waals surface area contributed by atoms with Gasteiger partial charge in [-0.1, -0.05) is 109 Å². The van der Waals surface area contributed by atoms with Crippen molar-refractivity contribution in [2.24, 2.45) is 0 Å². The van der Waals surface area contributed by atoms with Gasteiger partial charge in [-0.05, 0) is 54.7 Å². The van der Waals surface area contributed by atoms with Crippen LogP contribution in [0.1, 0.15) is 0 Å². The number of halogens is 1. The molecule has 0 saturated carbocycles. The quantitative estimate of drug-likeness (QED) is 0.247. The first kappa shape index (κ1) is 16.6. The molecule has 29 heavy (non-hydrogen) atoms. The van der Waals surface area contributed by atoms with Crippen LogP contribution in [0.4, 0.5) is 0 Å². The third kappa shape index (κ3) is 2.46. The van der Waals surface area contributed by atoms with Gasteiger partial charge >= 0.3 is 0 Å². The van der Waals surface area contributed by atoms with Crippen molar-refractivity contribution in [1.82, 2.24) is 0 Å². The minimum absolute atomic E-state index is 0.781. The lowest BCUT2D eigenvalue weighted by Crippen LogP contribution is -1.86. The second-order valence-corrected chi connectivity index (χ2v) is 7.90. The first-order valence-electron chi connectivity index (χ1n) is 9.82. The number of hydrogen-bond donors (Lipinski definition) is 0. The van der Waals surface area contributed by atoms with Gasteiger partial charge < -0.3 is 0 Å². The molecule has 0 bridgehead atoms. The molecule has 0 aromatic heterocycles. The van der Waals surface area contributed by atoms with Gasteiger partial charge in [0.25, 0.3) is 0 Å². The summed E-state index contributed by atoms with van der Waals surface area (Å²) in [6.45, 7) is 0. The Morgan fingerprint density at radius 2 is 0.966 bits per heavy atom. The molecule has 0 nitrogen and oxygen atoms in total. The fourth-order valence-electron chi connectivity index (χ4n) is 4.59. The van der Waals surface area contributed by atoms with Gasteiger partial charge in [0.2, 0.25) is 0 Å². The highest BCUT2D eigenvalue weighted by molar-refractivity contribution is 6.34. The molecule has 6 aromatic rings. The highest BCUT2D eigenvalue weighted by Gasteiger charge is 2.12. The van der Waals surface area contributed by atoms with Crippen molar-refractivity contribution in [3.63, 3.8) is 0 Å². The van der Waals surface area contributed by atoms with Crippen LogP contribution in [0.25, 0.3) is 54.2 Å². The topological polar surface area (TPSA) is 0 Å². The Hall–Kier alpha value is -3.35. The summed E-state index contributed by atoms with van der Waals surface area (Å²) >= 11 is 6.55. The fraction of sp³-hybridized carbons (Fsp3) is 0. The molecule has 0 atom stereocenters. The summed E-state index contributed by atoms with van der Waals surface area (Å²) in [5.41, 5.74) is 2.25. The smallest absolute Gasteiger partial charge is 0.0484 e. The van der Waals surface area contributed by atoms with Crippen LogP contribution in [0.2, 0.25) is 5.02 Å². The first-order chi connectivity index (χ1) is 14.3. The van der Waals surface area contributed by atoms with Crippen molar-refractivity contribution in [3.8, 4) is 11.1 Å². The van der Waals surface area contributed by atoms with Crippen LogP contribution in [0.5, 0.6) is 0 Å². The number of fused-ring (bicyclic) bond motifs is 7. The predicted octanol–water partition coefficient (Wildman–Crippen LogP) is 8.62. The van der Waals surface area contributed by atoms with Crippen molar-refractivity contribution in [3.05, 3.63) is 108 Å². The monoisotopic (exact) mass is 388 g/mol. The van der Waals surface area contributed by atoms with Crippen LogP contribution in [0, 0.1) is 0 Å². The zero-order valence-corrected chi connectivity index (χ0v) is 16.4. The van der Waals surface area contributed by atoms with E-state index in [0.29, 0.717) is 0 Å². The van der Waals surface area contributed by atoms with Gasteiger partial charge in [0.05, 0.1) is 0 Å². The van der Waals surface area contributed by atoms with E-state index in [9.17, 15) is 0 Å². The normalized spacial score (nSPS) is 11.6. The Kier molecular flexibility index (Phi) is 3.62. The maximum Gasteiger partial charge on any atom is 0.0484 e. The van der Waals surface area contributed by atoms with Crippen LogP contribution < -0.4 is 0 Å². The summed E-state index contributed by atoms with van der Waals surface area (Å²) < 4.78 is 0. The highest BCUT2D eigenvalue weighted by Crippen LogP contribution is 2.40. The van der Waals surface area contributed by atoms with E-state index >= 15 is 0 Å². The summed E-state index contributed by atoms with van der Waals surface area (Å²) in [4.78, 5) is 0. The zero-order valence-electron chi connectivity index (χ0n) is 15.7. The van der Waals surface area contributed by atoms with Gasteiger partial charge in [-0.15, -0.1) is 0 Å². The average Bonchev–Trinajstić information content (AvgIpc) is 2.78. The first-order valence-corrected chi connectivity index (χ1v) is 10.2. The van der Waals surface area contributed by atoms with Gasteiger partial charge in [0.1, 0.15) is 0 Å². The lowest BCUT2D eigenvalue weighted by atomic mass is 9.90. The fourth-order valence-corrected chi connectivity index (χ4v) is 4.83. The molecule has 0 unspecified atom stereocenters. The predicted molar refractivity (Wildman–Crippen MR) is 127 cm³/mol. The molecule has 0 amide bonds. The summed E-state index contributed by atoms with van der Waals surface area (Å²) in [5, 5.41) is 11.0. The van der Waals surface area contributed by atoms with Crippen molar-refractivity contribution >= 4 is 54.7 Å². The average molecular weight is 389 g/mol. The molecule has 0 heterocycles. The molecule has 1 heteroatoms. The van der Waals surface area contributed by atoms with Crippen molar-refractivity contribution < 1.29 is 0 Å². The Balaban J connectivity index is 1.85. The lowest BCUT2D eigenvalue weighted by molar-refractivity contribution is 1.66. The molecular formula is C28H17Cl. The van der Waals surface area contributed by atoms with E-state index in [1.54, 1.807) is 0 Å². The highest BCUT2D eigenvalue weighted by atomic mass is 35.5. The second kappa shape index (κ2) is 6.34. The molecule has 6 rings (SSSR count). The van der Waals surface area contributed by atoms with Crippen LogP contribution >= 0.6 is 11.6 Å². The van der Waals surface area contributed by atoms with E-state index < -0.39 is 0 Å². The standard InChI is InChI=1S/C28H17Cl/c29-26-11-4-3-8-24(26)22-9-5-10-25-23(22)17-16-20-15-14-19-13-12-18-6-1-2-7-21(18)27(19)28(20)25/h1-17H. The molecule has 0 spiro atoms. The summed E-state index contributed by atoms with van der Waals surface area (Å²) in [6, 6.07) is 36.6. The molecule has 0 aliphatic carbocycles. The minimum Gasteiger partial charge on any atom is -0.0837 e. The van der Waals surface area contributed by atoms with Crippen LogP contribution in [0.15, 0.2) is 103 Å². The summed E-state index contributed by atoms with van der Waals surface area (Å²) in [6.07, 6.45) is 0. The van der Waals surface area contributed by atoms with Gasteiger partial charge in [0.15, 0.2) is 0 Å². The van der Waals surface area contributed by atoms with Gasteiger partial charge in [-0.2, -0.15) is 0 Å². The molecule has 0 saturated heterocycles. The van der Waals surface area contributed by atoms with Crippen LogP contribution in [-0.2, 0) is 0 Å². The summed E-state index contributed by atoms with van der Waals surface area (Å²) in [7, 11) is 0. The van der Waals surface area contributed by atoms with Crippen molar-refractivity contribution in [2.45, 2.75) is 0 Å². The maximum atomic E-state index is 6.55. The molecule has 0 aliphatic rings. The molecule has 0 radical (unpaired) electrons. The van der Waals surface area contributed by atoms with Gasteiger partial charge in [-0.3, -0.25) is 0 Å². The van der Waals surface area contributed by atoms with E-state index in [0.717, 1.165) is 10.6 Å². The largest absolute Gasteiger partial charge is 0.0837 e. The zero-order chi connectivity index (χ0) is 19.4. The van der Waals surface area contributed by atoms with Gasteiger partial charge in [0, 0.05) is 10.6 Å². The van der Waals surface area contributed by atoms with Crippen LogP contribution in [0.3, 0.4) is 0 Å². The molecule has 136 valence electrons. The number of hydrogen-bond acceptors (Lipinski definition) is 0. The third-order valence-corrected chi connectivity index (χ3v) is 6.24. The second-order valence-electron chi connectivity index (χ2n) is 7.49. The Morgan fingerprint density at radius 3 is 1.79 bits per heavy atom. The van der Waals surface area contributed by atoms with E-state index in [2.05, 4.69) is 84.9 Å². The van der Waals surface area contributed by atoms with Crippen LogP contribution in [-0.4, -0.2) is 0 Å². The molecular weight excluding hydrogens is 372 g/mol. The van der Waals surface area contributed by atoms with Gasteiger partial charge in [-0.25, -0.2) is 0 Å². The SMILES string of the molecule is Clc1ccccc1-c1cccc2c1ccc1ccc3ccc4ccccc4c3c12. The number of benzene rings is 6. The minimum atomic E-state index is 0.781. The Bertz CT molecular complexity index is 1550. The lowest BCUT2D eigenvalue weighted by Gasteiger charge is -2.14. The molecule has 0 aliphatic heterocycles. The van der Waals surface area contributed by atoms with E-state index in [1.165, 1.54) is 48.7 Å². The third-order valence-electron chi connectivity index (χ3n) is 5.91. The van der Waals surface area contributed by atoms with E-state index in [-0.39, 0.29) is 0 Å². The molecule has 0 fully saturated rings. The maximum absolute atomic E-state index is 6.55. The van der Waals surface area contributed by atoms with E-state index in [1.807, 2.05) is 18.2 Å². The van der Waals surface area contributed by atoms with Crippen molar-refractivity contribution in [1.29, 1.82) is 0 Å². The Morgan fingerprint density at radius 1 is 0.379 bits per heavy atom. The Labute approximate surface area is 174 Å².